The topological polar surface area (TPSA) is 92.7 Å². The molecule has 0 saturated carbocycles. The Hall–Kier alpha value is -1.43. The van der Waals surface area contributed by atoms with Crippen LogP contribution in [0.4, 0.5) is 0 Å². The summed E-state index contributed by atoms with van der Waals surface area (Å²) in [6.07, 6.45) is 8.16. The Bertz CT molecular complexity index is 317. The molecule has 2 N–H and O–H groups in total. The summed E-state index contributed by atoms with van der Waals surface area (Å²) in [4.78, 5) is 37.1. The summed E-state index contributed by atoms with van der Waals surface area (Å²) in [6.45, 7) is 2.16. The maximum Gasteiger partial charge on any atom is 0.342 e. The molecule has 122 valence electrons. The lowest BCUT2D eigenvalue weighted by Crippen LogP contribution is -2.29. The van der Waals surface area contributed by atoms with Crippen LogP contribution < -0.4 is 5.32 Å². The minimum absolute atomic E-state index is 0.0650. The van der Waals surface area contributed by atoms with Crippen molar-refractivity contribution in [2.45, 2.75) is 77.6 Å². The van der Waals surface area contributed by atoms with Crippen LogP contribution >= 0.6 is 0 Å². The summed E-state index contributed by atoms with van der Waals surface area (Å²) in [6, 6.07) is 0. The smallest absolute Gasteiger partial charge is 0.301 e. The Kier molecular flexibility index (Phi) is 12.6. The van der Waals surface area contributed by atoms with Gasteiger partial charge in [-0.15, -0.1) is 0 Å². The fraction of sp³-hybridized carbons (Fsp3) is 0.800. The van der Waals surface area contributed by atoms with E-state index in [2.05, 4.69) is 17.1 Å². The number of amides is 2. The molecule has 2 amide bonds. The van der Waals surface area contributed by atoms with E-state index in [9.17, 15) is 14.4 Å². The highest BCUT2D eigenvalue weighted by Gasteiger charge is 2.08. The van der Waals surface area contributed by atoms with Crippen molar-refractivity contribution in [1.29, 1.82) is 0 Å². The molecular formula is C15H27NO5. The highest BCUT2D eigenvalue weighted by Crippen LogP contribution is 2.07. The van der Waals surface area contributed by atoms with Gasteiger partial charge in [-0.3, -0.25) is 14.9 Å². The molecular weight excluding hydrogens is 274 g/mol. The number of rotatable bonds is 12. The van der Waals surface area contributed by atoms with Gasteiger partial charge in [0.25, 0.3) is 0 Å². The maximum absolute atomic E-state index is 11.5. The number of carbonyl (C=O) groups excluding carboxylic acids is 3. The van der Waals surface area contributed by atoms with E-state index in [1.807, 2.05) is 0 Å². The molecule has 21 heavy (non-hydrogen) atoms. The monoisotopic (exact) mass is 301 g/mol. The number of carbonyl (C=O) groups is 3. The largest absolute Gasteiger partial charge is 0.342 e. The number of imide groups is 1. The van der Waals surface area contributed by atoms with Crippen LogP contribution in [0.1, 0.15) is 77.6 Å². The lowest BCUT2D eigenvalue weighted by atomic mass is 10.1. The van der Waals surface area contributed by atoms with E-state index < -0.39 is 5.97 Å². The van der Waals surface area contributed by atoms with Crippen LogP contribution in [-0.2, 0) is 19.3 Å². The van der Waals surface area contributed by atoms with Crippen LogP contribution in [0.5, 0.6) is 0 Å². The molecule has 0 unspecified atom stereocenters. The molecule has 0 aliphatic rings. The minimum Gasteiger partial charge on any atom is -0.301 e. The highest BCUT2D eigenvalue weighted by molar-refractivity contribution is 5.95. The standard InChI is InChI=1S/C15H27NO5/c1-2-3-4-5-6-7-10-13(17)16-14(18)11-8-9-12-15(19)21-20/h20H,2-12H2,1H3,(H,16,17,18). The van der Waals surface area contributed by atoms with Gasteiger partial charge < -0.3 is 4.89 Å². The lowest BCUT2D eigenvalue weighted by molar-refractivity contribution is -0.234. The van der Waals surface area contributed by atoms with E-state index in [1.165, 1.54) is 19.3 Å². The second kappa shape index (κ2) is 13.5. The van der Waals surface area contributed by atoms with E-state index >= 15 is 0 Å². The Morgan fingerprint density at radius 1 is 0.810 bits per heavy atom. The summed E-state index contributed by atoms with van der Waals surface area (Å²) < 4.78 is 0. The molecule has 0 aromatic rings. The van der Waals surface area contributed by atoms with Crippen molar-refractivity contribution in [3.05, 3.63) is 0 Å². The molecule has 0 fully saturated rings. The summed E-state index contributed by atoms with van der Waals surface area (Å²) in [7, 11) is 0. The summed E-state index contributed by atoms with van der Waals surface area (Å²) in [5, 5.41) is 10.4. The molecule has 0 aromatic heterocycles. The van der Waals surface area contributed by atoms with Gasteiger partial charge in [-0.25, -0.2) is 4.79 Å². The van der Waals surface area contributed by atoms with Crippen molar-refractivity contribution in [2.75, 3.05) is 0 Å². The first-order valence-electron chi connectivity index (χ1n) is 7.77. The van der Waals surface area contributed by atoms with Gasteiger partial charge in [0.05, 0.1) is 0 Å². The molecule has 0 aliphatic heterocycles. The van der Waals surface area contributed by atoms with Crippen LogP contribution in [0.25, 0.3) is 0 Å². The van der Waals surface area contributed by atoms with Crippen LogP contribution in [0.15, 0.2) is 0 Å². The molecule has 0 aromatic carbocycles. The molecule has 0 aliphatic carbocycles. The van der Waals surface area contributed by atoms with E-state index in [0.717, 1.165) is 19.3 Å². The van der Waals surface area contributed by atoms with E-state index in [0.29, 0.717) is 19.3 Å². The second-order valence-corrected chi connectivity index (χ2v) is 5.16. The van der Waals surface area contributed by atoms with Crippen molar-refractivity contribution in [3.8, 4) is 0 Å². The zero-order valence-corrected chi connectivity index (χ0v) is 12.9. The third kappa shape index (κ3) is 13.3. The SMILES string of the molecule is CCCCCCCCC(=O)NC(=O)CCCCC(=O)OO. The normalized spacial score (nSPS) is 10.2. The van der Waals surface area contributed by atoms with Crippen LogP contribution in [0, 0.1) is 0 Å². The van der Waals surface area contributed by atoms with Crippen molar-refractivity contribution >= 4 is 17.8 Å². The zero-order chi connectivity index (χ0) is 15.9. The van der Waals surface area contributed by atoms with E-state index in [4.69, 9.17) is 5.26 Å². The van der Waals surface area contributed by atoms with Gasteiger partial charge in [-0.1, -0.05) is 39.0 Å². The Labute approximate surface area is 126 Å². The minimum atomic E-state index is -0.713. The first kappa shape index (κ1) is 19.6. The molecule has 0 bridgehead atoms. The Morgan fingerprint density at radius 3 is 1.86 bits per heavy atom. The van der Waals surface area contributed by atoms with Crippen molar-refractivity contribution in [3.63, 3.8) is 0 Å². The van der Waals surface area contributed by atoms with Gasteiger partial charge in [0.1, 0.15) is 0 Å². The zero-order valence-electron chi connectivity index (χ0n) is 12.9. The molecule has 0 saturated heterocycles. The summed E-state index contributed by atoms with van der Waals surface area (Å²) in [5.41, 5.74) is 0. The van der Waals surface area contributed by atoms with E-state index in [-0.39, 0.29) is 24.7 Å². The van der Waals surface area contributed by atoms with Gasteiger partial charge in [0.15, 0.2) is 0 Å². The molecule has 0 radical (unpaired) electrons. The molecule has 6 heteroatoms. The van der Waals surface area contributed by atoms with Crippen LogP contribution in [0.2, 0.25) is 0 Å². The molecule has 0 rings (SSSR count). The fourth-order valence-corrected chi connectivity index (χ4v) is 1.95. The maximum atomic E-state index is 11.5. The van der Waals surface area contributed by atoms with Crippen LogP contribution in [-0.4, -0.2) is 23.0 Å². The van der Waals surface area contributed by atoms with E-state index in [1.54, 1.807) is 0 Å². The molecule has 0 heterocycles. The predicted molar refractivity (Wildman–Crippen MR) is 78.3 cm³/mol. The highest BCUT2D eigenvalue weighted by atomic mass is 17.1. The fourth-order valence-electron chi connectivity index (χ4n) is 1.95. The number of hydrogen-bond donors (Lipinski definition) is 2. The first-order chi connectivity index (χ1) is 10.1. The summed E-state index contributed by atoms with van der Waals surface area (Å²) >= 11 is 0. The Balaban J connectivity index is 3.48. The average molecular weight is 301 g/mol. The quantitative estimate of drug-likeness (QED) is 0.328. The average Bonchev–Trinajstić information content (AvgIpc) is 2.46. The molecule has 0 spiro atoms. The van der Waals surface area contributed by atoms with Crippen molar-refractivity contribution in [1.82, 2.24) is 5.32 Å². The second-order valence-electron chi connectivity index (χ2n) is 5.16. The molecule has 6 nitrogen and oxygen atoms in total. The Morgan fingerprint density at radius 2 is 1.29 bits per heavy atom. The van der Waals surface area contributed by atoms with Gasteiger partial charge in [-0.2, -0.15) is 5.26 Å². The third-order valence-electron chi connectivity index (χ3n) is 3.17. The lowest BCUT2D eigenvalue weighted by Gasteiger charge is -2.04. The van der Waals surface area contributed by atoms with Crippen molar-refractivity contribution in [2.24, 2.45) is 0 Å². The van der Waals surface area contributed by atoms with Gasteiger partial charge >= 0.3 is 5.97 Å². The van der Waals surface area contributed by atoms with Gasteiger partial charge in [0.2, 0.25) is 11.8 Å². The van der Waals surface area contributed by atoms with Gasteiger partial charge in [-0.05, 0) is 19.3 Å². The van der Waals surface area contributed by atoms with Crippen LogP contribution in [0.3, 0.4) is 0 Å². The number of nitrogens with one attached hydrogen (secondary N) is 1. The summed E-state index contributed by atoms with van der Waals surface area (Å²) in [5.74, 6) is -1.26. The predicted octanol–water partition coefficient (Wildman–Crippen LogP) is 2.96. The van der Waals surface area contributed by atoms with Gasteiger partial charge in [0, 0.05) is 19.3 Å². The third-order valence-corrected chi connectivity index (χ3v) is 3.17. The molecule has 0 atom stereocenters. The number of unbranched alkanes of at least 4 members (excludes halogenated alkanes) is 6. The van der Waals surface area contributed by atoms with Crippen molar-refractivity contribution < 1.29 is 24.5 Å². The first-order valence-corrected chi connectivity index (χ1v) is 7.77. The number of hydrogen-bond acceptors (Lipinski definition) is 5.